The number of aliphatic hydroxyl groups excluding tert-OH is 1. The number of aliphatic imine (C=N–C) groups is 1. The van der Waals surface area contributed by atoms with Crippen LogP contribution in [0.3, 0.4) is 0 Å². The van der Waals surface area contributed by atoms with Crippen molar-refractivity contribution in [2.24, 2.45) is 10.9 Å². The number of β-amino-alcohol motifs (C(OH)–C–C–N with tert-alkyl or cyclic N) is 1. The molecule has 2 rings (SSSR count). The van der Waals surface area contributed by atoms with Gasteiger partial charge in [0, 0.05) is 12.6 Å². The third kappa shape index (κ3) is 2.38. The summed E-state index contributed by atoms with van der Waals surface area (Å²) in [5.74, 6) is 1.72. The van der Waals surface area contributed by atoms with E-state index in [4.69, 9.17) is 0 Å². The minimum Gasteiger partial charge on any atom is -0.389 e. The molecule has 0 aromatic heterocycles. The first kappa shape index (κ1) is 9.77. The van der Waals surface area contributed by atoms with E-state index in [1.165, 1.54) is 19.3 Å². The zero-order chi connectivity index (χ0) is 9.97. The molecule has 0 aromatic carbocycles. The highest BCUT2D eigenvalue weighted by atomic mass is 16.3. The van der Waals surface area contributed by atoms with Gasteiger partial charge in [-0.2, -0.15) is 0 Å². The Morgan fingerprint density at radius 3 is 3.14 bits per heavy atom. The molecule has 0 amide bonds. The van der Waals surface area contributed by atoms with Gasteiger partial charge in [-0.1, -0.05) is 13.3 Å². The molecule has 3 N–H and O–H groups in total. The van der Waals surface area contributed by atoms with E-state index in [1.54, 1.807) is 0 Å². The lowest BCUT2D eigenvalue weighted by atomic mass is 10.2. The Bertz CT molecular complexity index is 229. The molecule has 4 nitrogen and oxygen atoms in total. The van der Waals surface area contributed by atoms with Crippen molar-refractivity contribution in [2.75, 3.05) is 13.1 Å². The molecule has 0 bridgehead atoms. The fourth-order valence-electron chi connectivity index (χ4n) is 1.92. The average molecular weight is 197 g/mol. The largest absolute Gasteiger partial charge is 0.389 e. The third-order valence-electron chi connectivity index (χ3n) is 2.87. The highest BCUT2D eigenvalue weighted by molar-refractivity contribution is 5.81. The number of nitrogens with zero attached hydrogens (tertiary/aromatic N) is 1. The van der Waals surface area contributed by atoms with Crippen molar-refractivity contribution in [1.82, 2.24) is 10.6 Å². The average Bonchev–Trinajstić information content (AvgIpc) is 2.89. The predicted molar refractivity (Wildman–Crippen MR) is 56.3 cm³/mol. The molecule has 0 aromatic rings. The smallest absolute Gasteiger partial charge is 0.191 e. The van der Waals surface area contributed by atoms with Crippen LogP contribution in [0.5, 0.6) is 0 Å². The Hall–Kier alpha value is -0.770. The Kier molecular flexibility index (Phi) is 2.91. The number of nitrogens with one attached hydrogen (secondary N) is 2. The highest BCUT2D eigenvalue weighted by Gasteiger charge is 2.36. The van der Waals surface area contributed by atoms with Crippen molar-refractivity contribution < 1.29 is 5.11 Å². The van der Waals surface area contributed by atoms with Crippen LogP contribution in [0.4, 0.5) is 0 Å². The van der Waals surface area contributed by atoms with Crippen LogP contribution in [0, 0.1) is 5.92 Å². The molecule has 1 aliphatic carbocycles. The van der Waals surface area contributed by atoms with Crippen molar-refractivity contribution in [3.8, 4) is 0 Å². The van der Waals surface area contributed by atoms with Crippen molar-refractivity contribution in [2.45, 2.75) is 38.3 Å². The van der Waals surface area contributed by atoms with E-state index in [2.05, 4.69) is 22.5 Å². The van der Waals surface area contributed by atoms with Gasteiger partial charge in [0.1, 0.15) is 0 Å². The Balaban J connectivity index is 1.72. The van der Waals surface area contributed by atoms with Gasteiger partial charge in [0.15, 0.2) is 5.96 Å². The van der Waals surface area contributed by atoms with Gasteiger partial charge in [0.05, 0.1) is 12.6 Å². The summed E-state index contributed by atoms with van der Waals surface area (Å²) >= 11 is 0. The maximum absolute atomic E-state index is 9.22. The quantitative estimate of drug-likeness (QED) is 0.601. The predicted octanol–water partition coefficient (Wildman–Crippen LogP) is 0.0847. The van der Waals surface area contributed by atoms with Crippen molar-refractivity contribution in [3.05, 3.63) is 0 Å². The molecule has 0 saturated heterocycles. The van der Waals surface area contributed by atoms with E-state index in [0.29, 0.717) is 19.1 Å². The number of guanidine groups is 1. The Labute approximate surface area is 84.8 Å². The van der Waals surface area contributed by atoms with E-state index in [9.17, 15) is 5.11 Å². The first-order valence-electron chi connectivity index (χ1n) is 5.52. The standard InChI is InChI=1S/C10H19N3O/c1-2-3-7-4-9(7)13-10-11-5-8(14)6-12-10/h7-9,14H,2-6H2,1H3,(H2,11,12,13). The lowest BCUT2D eigenvalue weighted by Crippen LogP contribution is -2.47. The number of rotatable bonds is 3. The lowest BCUT2D eigenvalue weighted by molar-refractivity contribution is 0.180. The van der Waals surface area contributed by atoms with Crippen molar-refractivity contribution in [1.29, 1.82) is 0 Å². The third-order valence-corrected chi connectivity index (χ3v) is 2.87. The molecular formula is C10H19N3O. The van der Waals surface area contributed by atoms with Gasteiger partial charge in [0.25, 0.3) is 0 Å². The SMILES string of the molecule is CCCC1CC1NC1=NCC(O)CN1. The van der Waals surface area contributed by atoms with Crippen LogP contribution in [0.25, 0.3) is 0 Å². The van der Waals surface area contributed by atoms with E-state index >= 15 is 0 Å². The summed E-state index contributed by atoms with van der Waals surface area (Å²) in [6, 6.07) is 0.622. The van der Waals surface area contributed by atoms with Gasteiger partial charge < -0.3 is 15.7 Å². The van der Waals surface area contributed by atoms with E-state index in [1.807, 2.05) is 0 Å². The van der Waals surface area contributed by atoms with Gasteiger partial charge in [-0.15, -0.1) is 0 Å². The van der Waals surface area contributed by atoms with Crippen LogP contribution in [0.1, 0.15) is 26.2 Å². The highest BCUT2D eigenvalue weighted by Crippen LogP contribution is 2.34. The molecule has 2 aliphatic rings. The first-order chi connectivity index (χ1) is 6.79. The molecular weight excluding hydrogens is 178 g/mol. The lowest BCUT2D eigenvalue weighted by Gasteiger charge is -2.19. The molecule has 3 unspecified atom stereocenters. The molecule has 3 atom stereocenters. The van der Waals surface area contributed by atoms with E-state index in [0.717, 1.165) is 11.9 Å². The maximum Gasteiger partial charge on any atom is 0.191 e. The van der Waals surface area contributed by atoms with Crippen LogP contribution in [-0.4, -0.2) is 36.3 Å². The molecule has 4 heteroatoms. The first-order valence-corrected chi connectivity index (χ1v) is 5.52. The van der Waals surface area contributed by atoms with Gasteiger partial charge >= 0.3 is 0 Å². The molecule has 80 valence electrons. The molecule has 0 radical (unpaired) electrons. The molecule has 14 heavy (non-hydrogen) atoms. The van der Waals surface area contributed by atoms with Gasteiger partial charge in [-0.25, -0.2) is 0 Å². The van der Waals surface area contributed by atoms with Crippen LogP contribution >= 0.6 is 0 Å². The molecule has 1 aliphatic heterocycles. The van der Waals surface area contributed by atoms with Crippen LogP contribution in [0.2, 0.25) is 0 Å². The summed E-state index contributed by atoms with van der Waals surface area (Å²) in [5, 5.41) is 15.7. The summed E-state index contributed by atoms with van der Waals surface area (Å²) < 4.78 is 0. The second-order valence-electron chi connectivity index (χ2n) is 4.26. The zero-order valence-corrected chi connectivity index (χ0v) is 8.66. The maximum atomic E-state index is 9.22. The second-order valence-corrected chi connectivity index (χ2v) is 4.26. The molecule has 1 heterocycles. The molecule has 1 fully saturated rings. The number of hydrogen-bond acceptors (Lipinski definition) is 4. The van der Waals surface area contributed by atoms with Crippen LogP contribution in [0.15, 0.2) is 4.99 Å². The van der Waals surface area contributed by atoms with E-state index < -0.39 is 0 Å². The van der Waals surface area contributed by atoms with Crippen LogP contribution in [-0.2, 0) is 0 Å². The van der Waals surface area contributed by atoms with Crippen molar-refractivity contribution in [3.63, 3.8) is 0 Å². The normalized spacial score (nSPS) is 35.9. The summed E-state index contributed by atoms with van der Waals surface area (Å²) in [7, 11) is 0. The minimum atomic E-state index is -0.314. The van der Waals surface area contributed by atoms with E-state index in [-0.39, 0.29) is 6.10 Å². The second kappa shape index (κ2) is 4.17. The monoisotopic (exact) mass is 197 g/mol. The zero-order valence-electron chi connectivity index (χ0n) is 8.66. The van der Waals surface area contributed by atoms with Gasteiger partial charge in [-0.05, 0) is 18.8 Å². The topological polar surface area (TPSA) is 56.7 Å². The van der Waals surface area contributed by atoms with Gasteiger partial charge in [0.2, 0.25) is 0 Å². The van der Waals surface area contributed by atoms with Crippen molar-refractivity contribution >= 4 is 5.96 Å². The minimum absolute atomic E-state index is 0.314. The fraction of sp³-hybridized carbons (Fsp3) is 0.900. The van der Waals surface area contributed by atoms with Crippen LogP contribution < -0.4 is 10.6 Å². The number of hydrogen-bond donors (Lipinski definition) is 3. The summed E-state index contributed by atoms with van der Waals surface area (Å²) in [4.78, 5) is 4.23. The number of aliphatic hydroxyl groups is 1. The molecule has 1 saturated carbocycles. The Morgan fingerprint density at radius 2 is 2.50 bits per heavy atom. The summed E-state index contributed by atoms with van der Waals surface area (Å²) in [6.07, 6.45) is 3.54. The molecule has 0 spiro atoms. The summed E-state index contributed by atoms with van der Waals surface area (Å²) in [5.41, 5.74) is 0. The fourth-order valence-corrected chi connectivity index (χ4v) is 1.92. The Morgan fingerprint density at radius 1 is 1.64 bits per heavy atom. The van der Waals surface area contributed by atoms with Gasteiger partial charge in [-0.3, -0.25) is 4.99 Å². The summed E-state index contributed by atoms with van der Waals surface area (Å²) in [6.45, 7) is 3.37.